The van der Waals surface area contributed by atoms with Crippen LogP contribution < -0.4 is 32.3 Å². The van der Waals surface area contributed by atoms with E-state index in [9.17, 15) is 81.5 Å². The molecule has 7 rings (SSSR count). The highest BCUT2D eigenvalue weighted by Gasteiger charge is 2.56. The van der Waals surface area contributed by atoms with E-state index in [0.717, 1.165) is 99.8 Å². The number of carbonyl (C=O) groups excluding carboxylic acids is 19. The maximum absolute atomic E-state index is 15.5. The van der Waals surface area contributed by atoms with E-state index in [-0.39, 0.29) is 156 Å². The van der Waals surface area contributed by atoms with E-state index >= 15 is 9.59 Å². The summed E-state index contributed by atoms with van der Waals surface area (Å²) in [6.07, 6.45) is -20.7. The number of rotatable bonds is 59. The SMILES string of the molecule is CC(=O)NC1C(OC(C)=O)[C@@H](OC(C)=O)C(COC(C)=O)O[C@H]1OCCCCC(=O)NCCN(CCN(CCN(CCNC(=O)CCCCO[C@@H]1OC(COC(C)=O)[C@H](OC(C)=O)C(OC(C)=O)C1NC(C)=O)C(=O)CCCCO[C@@H]1OC(COC(C)=O)[C@H](OC(C)=O)C(OC(C)=O)C1NC(C)=O)C(c1ccccc1)(c1ccccc1)c1ccccc1)C(=O)CCCCO[C@@H]1OC(COC(C)=O)[C@H](OC(C)=O)C(OC(C)=O)C1N. The summed E-state index contributed by atoms with van der Waals surface area (Å²) >= 11 is 0. The van der Waals surface area contributed by atoms with Crippen molar-refractivity contribution in [1.82, 2.24) is 41.3 Å². The van der Waals surface area contributed by atoms with Crippen LogP contribution in [0.25, 0.3) is 0 Å². The van der Waals surface area contributed by atoms with E-state index < -0.39 is 268 Å². The molecule has 3 aromatic carbocycles. The van der Waals surface area contributed by atoms with Crippen molar-refractivity contribution in [2.24, 2.45) is 5.73 Å². The molecule has 0 saturated carbocycles. The van der Waals surface area contributed by atoms with Gasteiger partial charge in [0.25, 0.3) is 0 Å². The molecule has 7 amide bonds. The van der Waals surface area contributed by atoms with Crippen molar-refractivity contribution in [1.29, 1.82) is 0 Å². The minimum absolute atomic E-state index is 0.00544. The number of hydrogen-bond donors (Lipinski definition) is 6. The van der Waals surface area contributed by atoms with Crippen molar-refractivity contribution < 1.29 is 186 Å². The van der Waals surface area contributed by atoms with Gasteiger partial charge in [-0.15, -0.1) is 0 Å². The van der Waals surface area contributed by atoms with Crippen LogP contribution in [0.15, 0.2) is 91.0 Å². The van der Waals surface area contributed by atoms with E-state index in [1.807, 2.05) is 91.0 Å². The Morgan fingerprint density at radius 2 is 0.530 bits per heavy atom. The van der Waals surface area contributed by atoms with Crippen molar-refractivity contribution in [3.8, 4) is 0 Å². The van der Waals surface area contributed by atoms with Gasteiger partial charge in [0.2, 0.25) is 41.4 Å². The number of carbonyl (C=O) groups is 19. The van der Waals surface area contributed by atoms with Gasteiger partial charge in [-0.05, 0) is 68.1 Å². The van der Waals surface area contributed by atoms with Crippen LogP contribution in [0.3, 0.4) is 0 Å². The monoisotopic (exact) mass is 2110 g/mol. The Bertz CT molecular complexity index is 4810. The third-order valence-electron chi connectivity index (χ3n) is 23.7. The van der Waals surface area contributed by atoms with E-state index in [0.29, 0.717) is 0 Å². The first-order valence-electron chi connectivity index (χ1n) is 49.4. The zero-order chi connectivity index (χ0) is 110. The first kappa shape index (κ1) is 123. The lowest BCUT2D eigenvalue weighted by Gasteiger charge is -2.47. The molecule has 7 N–H and O–H groups in total. The average Bonchev–Trinajstić information content (AvgIpc) is 0.734. The Hall–Kier alpha value is -12.8. The highest BCUT2D eigenvalue weighted by atomic mass is 16.7. The van der Waals surface area contributed by atoms with Crippen LogP contribution in [-0.2, 0) is 191 Å². The van der Waals surface area contributed by atoms with Crippen molar-refractivity contribution in [3.05, 3.63) is 108 Å². The summed E-state index contributed by atoms with van der Waals surface area (Å²) in [6.45, 7) is 14.0. The fraction of sp³-hybridized carbons (Fsp3) is 0.634. The van der Waals surface area contributed by atoms with Crippen LogP contribution in [0, 0.1) is 0 Å². The zero-order valence-corrected chi connectivity index (χ0v) is 86.8. The van der Waals surface area contributed by atoms with E-state index in [4.69, 9.17) is 100 Å². The van der Waals surface area contributed by atoms with Gasteiger partial charge in [-0.2, -0.15) is 0 Å². The molecule has 0 spiro atoms. The first-order chi connectivity index (χ1) is 70.9. The Labute approximate surface area is 864 Å². The summed E-state index contributed by atoms with van der Waals surface area (Å²) in [5.74, 6) is -12.8. The second-order valence-electron chi connectivity index (χ2n) is 35.8. The second kappa shape index (κ2) is 63.2. The van der Waals surface area contributed by atoms with Crippen LogP contribution in [0.2, 0.25) is 0 Å². The molecule has 0 bridgehead atoms. The van der Waals surface area contributed by atoms with Crippen LogP contribution in [-0.4, -0.2) is 355 Å². The lowest BCUT2D eigenvalue weighted by atomic mass is 9.75. The number of amides is 7. The molecule has 48 nitrogen and oxygen atoms in total. The summed E-state index contributed by atoms with van der Waals surface area (Å²) in [7, 11) is 0. The fourth-order valence-electron chi connectivity index (χ4n) is 17.6. The van der Waals surface area contributed by atoms with Crippen molar-refractivity contribution in [2.45, 2.75) is 309 Å². The third-order valence-corrected chi connectivity index (χ3v) is 23.7. The predicted octanol–water partition coefficient (Wildman–Crippen LogP) is 2.36. The van der Waals surface area contributed by atoms with Gasteiger partial charge in [0.15, 0.2) is 74.0 Å². The maximum atomic E-state index is 15.5. The van der Waals surface area contributed by atoms with Crippen molar-refractivity contribution >= 4 is 113 Å². The summed E-state index contributed by atoms with van der Waals surface area (Å²) in [5, 5.41) is 13.9. The molecule has 4 fully saturated rings. The molecule has 826 valence electrons. The molecule has 48 heteroatoms. The minimum Gasteiger partial charge on any atom is -0.463 e. The molecule has 149 heavy (non-hydrogen) atoms. The van der Waals surface area contributed by atoms with Crippen LogP contribution in [0.5, 0.6) is 0 Å². The molecule has 4 saturated heterocycles. The van der Waals surface area contributed by atoms with E-state index in [1.165, 1.54) is 20.8 Å². The third kappa shape index (κ3) is 41.2. The van der Waals surface area contributed by atoms with Crippen LogP contribution >= 0.6 is 0 Å². The van der Waals surface area contributed by atoms with E-state index in [1.54, 1.807) is 9.80 Å². The minimum atomic E-state index is -1.44. The van der Waals surface area contributed by atoms with E-state index in [2.05, 4.69) is 31.5 Å². The van der Waals surface area contributed by atoms with Gasteiger partial charge < -0.3 is 137 Å². The number of benzene rings is 3. The van der Waals surface area contributed by atoms with Gasteiger partial charge in [-0.1, -0.05) is 91.0 Å². The fourth-order valence-corrected chi connectivity index (χ4v) is 17.6. The lowest BCUT2D eigenvalue weighted by molar-refractivity contribution is -0.277. The first-order valence-corrected chi connectivity index (χ1v) is 49.4. The molecule has 3 aromatic rings. The number of esters is 12. The summed E-state index contributed by atoms with van der Waals surface area (Å²) in [4.78, 5) is 252. The van der Waals surface area contributed by atoms with Crippen LogP contribution in [0.4, 0.5) is 0 Å². The molecule has 0 radical (unpaired) electrons. The molecular weight excluding hydrogens is 1960 g/mol. The highest BCUT2D eigenvalue weighted by Crippen LogP contribution is 2.43. The van der Waals surface area contributed by atoms with Crippen LogP contribution in [0.1, 0.15) is 198 Å². The topological polar surface area (TPSA) is 605 Å². The number of nitrogens with zero attached hydrogens (tertiary/aromatic N) is 3. The van der Waals surface area contributed by atoms with Gasteiger partial charge in [0, 0.05) is 208 Å². The summed E-state index contributed by atoms with van der Waals surface area (Å²) in [6, 6.07) is 23.4. The molecule has 12 unspecified atom stereocenters. The Morgan fingerprint density at radius 3 is 0.792 bits per heavy atom. The summed E-state index contributed by atoms with van der Waals surface area (Å²) < 4.78 is 115. The van der Waals surface area contributed by atoms with Gasteiger partial charge in [-0.25, -0.2) is 0 Å². The second-order valence-corrected chi connectivity index (χ2v) is 35.8. The summed E-state index contributed by atoms with van der Waals surface area (Å²) in [5.41, 5.74) is 7.58. The Kier molecular flexibility index (Phi) is 52.3. The number of unbranched alkanes of at least 4 members (excludes halogenated alkanes) is 4. The standard InChI is InChI=1S/C101H143N9O39/c1-59(111)105-86-94(143-71(13)123)90(139-67(9)119)78(56-135-63(5)115)147-98(86)131-52-29-25-39-81(126)103-43-45-108(83(128)41-27-31-51-130-97-85(102)93(142-70(12)122)89(138-66(8)118)77(146-97)55-134-62(4)114)47-49-110(101(74-33-19-16-20-34-74,75-35-21-17-22-36-75)76-37-23-18-24-38-76)50-48-109(84(129)42-28-32-54-133-100-88(107-61(3)113)96(145-73(15)125)92(141-69(11)121)80(149-100)58-137-65(7)117)46-44-104-82(127)40-26-30-53-132-99-87(106-60(2)112)95(144-72(14)124)91(140-68(10)120)79(148-99)57-136-64(6)116/h16-24,33-38,77-80,85-100H,25-32,39-58,102H2,1-15H3,(H,103,126)(H,104,127)(H,105,111)(H,106,112)(H,107,113)/t77?,78?,79?,80?,85?,86?,87?,88?,89-,90-,91-,92-,93?,94?,95?,96?,97+,98+,99+,100+/m0/s1. The zero-order valence-electron chi connectivity index (χ0n) is 86.8. The largest absolute Gasteiger partial charge is 0.463 e. The van der Waals surface area contributed by atoms with Gasteiger partial charge in [0.05, 0.1) is 11.6 Å². The van der Waals surface area contributed by atoms with Gasteiger partial charge in [0.1, 0.15) is 69.0 Å². The Morgan fingerprint density at radius 1 is 0.289 bits per heavy atom. The van der Waals surface area contributed by atoms with Crippen molar-refractivity contribution in [2.75, 3.05) is 105 Å². The molecule has 20 atom stereocenters. The molecule has 0 aliphatic carbocycles. The highest BCUT2D eigenvalue weighted by molar-refractivity contribution is 5.80. The number of nitrogens with two attached hydrogens (primary N) is 1. The average molecular weight is 2110 g/mol. The molecule has 4 aliphatic heterocycles. The maximum Gasteiger partial charge on any atom is 0.303 e. The number of nitrogens with one attached hydrogen (secondary N) is 5. The molecule has 4 heterocycles. The normalized spacial score (nSPS) is 23.4. The van der Waals surface area contributed by atoms with Gasteiger partial charge >= 0.3 is 71.6 Å². The number of hydrogen-bond acceptors (Lipinski definition) is 41. The number of ether oxygens (including phenoxy) is 20. The quantitative estimate of drug-likeness (QED) is 0.0204. The smallest absolute Gasteiger partial charge is 0.303 e. The molecule has 0 aromatic heterocycles. The molecular formula is C101H143N9O39. The Balaban J connectivity index is 1.22. The predicted molar refractivity (Wildman–Crippen MR) is 516 cm³/mol. The van der Waals surface area contributed by atoms with Crippen molar-refractivity contribution in [3.63, 3.8) is 0 Å². The molecule has 4 aliphatic rings. The lowest BCUT2D eigenvalue weighted by Crippen LogP contribution is -2.66. The van der Waals surface area contributed by atoms with Gasteiger partial charge in [-0.3, -0.25) is 96.0 Å².